The number of nitrogens with zero attached hydrogens (tertiary/aromatic N) is 3. The van der Waals surface area contributed by atoms with Crippen molar-refractivity contribution in [3.63, 3.8) is 0 Å². The fraction of sp³-hybridized carbons (Fsp3) is 0.485. The number of benzene rings is 2. The lowest BCUT2D eigenvalue weighted by atomic mass is 9.86. The molecule has 1 unspecified atom stereocenters. The number of hydrogen-bond donors (Lipinski definition) is 3. The van der Waals surface area contributed by atoms with Gasteiger partial charge in [-0.1, -0.05) is 12.1 Å². The summed E-state index contributed by atoms with van der Waals surface area (Å²) in [7, 11) is 0.592. The van der Waals surface area contributed by atoms with Crippen LogP contribution in [0.25, 0.3) is 0 Å². The van der Waals surface area contributed by atoms with Crippen molar-refractivity contribution in [2.24, 2.45) is 10.7 Å². The van der Waals surface area contributed by atoms with E-state index in [2.05, 4.69) is 41.6 Å². The van der Waals surface area contributed by atoms with Crippen molar-refractivity contribution >= 4 is 26.9 Å². The second-order valence-electron chi connectivity index (χ2n) is 12.5. The highest BCUT2D eigenvalue weighted by Crippen LogP contribution is 2.39. The maximum atomic E-state index is 13.1. The summed E-state index contributed by atoms with van der Waals surface area (Å²) in [5.41, 5.74) is 12.2. The van der Waals surface area contributed by atoms with Crippen LogP contribution in [0.5, 0.6) is 5.75 Å². The lowest BCUT2D eigenvalue weighted by Gasteiger charge is -2.35. The second kappa shape index (κ2) is 12.3. The number of ether oxygens (including phenoxy) is 1. The smallest absolute Gasteiger partial charge is 0.182 e. The number of sulfone groups is 1. The summed E-state index contributed by atoms with van der Waals surface area (Å²) in [6.45, 7) is 11.8. The Morgan fingerprint density at radius 3 is 2.40 bits per heavy atom. The maximum absolute atomic E-state index is 13.1. The van der Waals surface area contributed by atoms with Gasteiger partial charge in [0.2, 0.25) is 0 Å². The van der Waals surface area contributed by atoms with E-state index in [1.165, 1.54) is 11.1 Å². The molecule has 2 aromatic rings. The van der Waals surface area contributed by atoms with Crippen LogP contribution in [0.2, 0.25) is 0 Å². The zero-order valence-corrected chi connectivity index (χ0v) is 27.3. The largest absolute Gasteiger partial charge is 0.489 e. The number of nitrogens with two attached hydrogens (primary N) is 1. The molecule has 1 atom stereocenters. The van der Waals surface area contributed by atoms with E-state index < -0.39 is 15.1 Å². The molecule has 1 saturated heterocycles. The lowest BCUT2D eigenvalue weighted by Crippen LogP contribution is -2.46. The van der Waals surface area contributed by atoms with E-state index in [0.29, 0.717) is 29.7 Å². The number of likely N-dealkylation sites (tertiary alicyclic amines) is 1. The summed E-state index contributed by atoms with van der Waals surface area (Å²) in [5, 5.41) is 6.40. The third-order valence-electron chi connectivity index (χ3n) is 8.57. The lowest BCUT2D eigenvalue weighted by molar-refractivity contribution is 0.241. The zero-order chi connectivity index (χ0) is 31.1. The highest BCUT2D eigenvalue weighted by molar-refractivity contribution is 7.92. The van der Waals surface area contributed by atoms with E-state index in [4.69, 9.17) is 15.5 Å². The molecule has 3 heterocycles. The van der Waals surface area contributed by atoms with Crippen molar-refractivity contribution in [3.8, 4) is 5.75 Å². The molecule has 43 heavy (non-hydrogen) atoms. The van der Waals surface area contributed by atoms with E-state index >= 15 is 0 Å². The van der Waals surface area contributed by atoms with Gasteiger partial charge in [0.1, 0.15) is 17.4 Å². The molecule has 0 radical (unpaired) electrons. The molecule has 0 aromatic heterocycles. The Hall–Kier alpha value is -3.34. The van der Waals surface area contributed by atoms with Crippen LogP contribution in [0.1, 0.15) is 64.0 Å². The predicted octanol–water partition coefficient (Wildman–Crippen LogP) is 5.43. The number of allylic oxidation sites excluding steroid dienone is 2. The number of anilines is 2. The molecule has 3 aliphatic rings. The monoisotopic (exact) mass is 606 g/mol. The van der Waals surface area contributed by atoms with Gasteiger partial charge in [0.15, 0.2) is 9.84 Å². The highest BCUT2D eigenvalue weighted by atomic mass is 32.2. The van der Waals surface area contributed by atoms with Gasteiger partial charge in [-0.25, -0.2) is 13.4 Å². The Balaban J connectivity index is 1.49. The van der Waals surface area contributed by atoms with Crippen LogP contribution in [0.15, 0.2) is 69.6 Å². The van der Waals surface area contributed by atoms with Crippen molar-refractivity contribution in [2.45, 2.75) is 82.2 Å². The van der Waals surface area contributed by atoms with Gasteiger partial charge in [0, 0.05) is 19.0 Å². The first kappa shape index (κ1) is 31.1. The number of hydrogen-bond acceptors (Lipinski definition) is 9. The van der Waals surface area contributed by atoms with Crippen LogP contribution in [0.3, 0.4) is 0 Å². The van der Waals surface area contributed by atoms with Gasteiger partial charge in [0.05, 0.1) is 39.5 Å². The Morgan fingerprint density at radius 2 is 1.72 bits per heavy atom. The summed E-state index contributed by atoms with van der Waals surface area (Å²) in [6, 6.07) is 11.4. The maximum Gasteiger partial charge on any atom is 0.182 e. The van der Waals surface area contributed by atoms with Gasteiger partial charge in [-0.15, -0.1) is 0 Å². The Bertz CT molecular complexity index is 1570. The quantitative estimate of drug-likeness (QED) is 0.347. The number of aliphatic imine (C=N–C) groups is 1. The first-order valence-electron chi connectivity index (χ1n) is 15.2. The first-order chi connectivity index (χ1) is 20.3. The van der Waals surface area contributed by atoms with E-state index in [0.717, 1.165) is 48.7 Å². The number of aryl methyl sites for hydroxylation is 1. The molecule has 0 aliphatic carbocycles. The Labute approximate surface area is 256 Å². The van der Waals surface area contributed by atoms with Crippen LogP contribution >= 0.6 is 0 Å². The fourth-order valence-electron chi connectivity index (χ4n) is 5.98. The van der Waals surface area contributed by atoms with Gasteiger partial charge in [-0.3, -0.25) is 0 Å². The molecule has 9 nitrogen and oxygen atoms in total. The molecule has 3 aliphatic heterocycles. The van der Waals surface area contributed by atoms with Crippen LogP contribution in [-0.4, -0.2) is 68.6 Å². The summed E-state index contributed by atoms with van der Waals surface area (Å²) < 4.78 is 32.6. The van der Waals surface area contributed by atoms with Gasteiger partial charge >= 0.3 is 0 Å². The summed E-state index contributed by atoms with van der Waals surface area (Å²) in [4.78, 5) is 9.53. The van der Waals surface area contributed by atoms with Crippen LogP contribution in [0, 0.1) is 6.92 Å². The van der Waals surface area contributed by atoms with Crippen molar-refractivity contribution in [1.82, 2.24) is 9.80 Å². The number of nitrogens with one attached hydrogen (secondary N) is 2. The third kappa shape index (κ3) is 6.46. The minimum atomic E-state index is -3.51. The molecule has 232 valence electrons. The minimum absolute atomic E-state index is 0.0207. The summed E-state index contributed by atoms with van der Waals surface area (Å²) >= 11 is 0. The van der Waals surface area contributed by atoms with Gasteiger partial charge < -0.3 is 30.9 Å². The average molecular weight is 607 g/mol. The molecule has 10 heteroatoms. The molecule has 4 N–H and O–H groups in total. The van der Waals surface area contributed by atoms with E-state index in [1.807, 2.05) is 37.9 Å². The standard InChI is InChI=1S/C33H46N6O3S/c1-20(2)42-29-17-24(23-12-14-38(6)15-13-23)22(5)16-28(29)36-32-18-25-27(35-32)19-31(34)39(7)33(25)37-26-10-8-9-11-30(26)43(40,41)21(3)4/h8-11,16-18,20-21,23,31,36-37H,12-15,19,34H2,1-7H3. The van der Waals surface area contributed by atoms with Crippen molar-refractivity contribution in [2.75, 3.05) is 37.8 Å². The van der Waals surface area contributed by atoms with E-state index in [9.17, 15) is 8.42 Å². The number of piperidine rings is 1. The predicted molar refractivity (Wildman–Crippen MR) is 175 cm³/mol. The SMILES string of the molecule is Cc1cc(NC2=CC3=C(Nc4ccccc4S(=O)(=O)C(C)C)N(C)C(N)CC3=N2)c(OC(C)C)cc1C1CCN(C)CC1. The minimum Gasteiger partial charge on any atom is -0.489 e. The van der Waals surface area contributed by atoms with Crippen molar-refractivity contribution in [1.29, 1.82) is 0 Å². The molecular formula is C33H46N6O3S. The van der Waals surface area contributed by atoms with E-state index in [-0.39, 0.29) is 17.2 Å². The van der Waals surface area contributed by atoms with Crippen molar-refractivity contribution in [3.05, 3.63) is 70.8 Å². The fourth-order valence-corrected chi connectivity index (χ4v) is 7.18. The van der Waals surface area contributed by atoms with Gasteiger partial charge in [0.25, 0.3) is 0 Å². The van der Waals surface area contributed by atoms with Gasteiger partial charge in [-0.05, 0) is 115 Å². The summed E-state index contributed by atoms with van der Waals surface area (Å²) in [5.74, 6) is 2.74. The average Bonchev–Trinajstić information content (AvgIpc) is 3.34. The number of fused-ring (bicyclic) bond motifs is 1. The molecule has 0 saturated carbocycles. The zero-order valence-electron chi connectivity index (χ0n) is 26.4. The van der Waals surface area contributed by atoms with Crippen LogP contribution < -0.4 is 21.1 Å². The van der Waals surface area contributed by atoms with Crippen LogP contribution in [-0.2, 0) is 9.84 Å². The number of para-hydroxylation sites is 1. The second-order valence-corrected chi connectivity index (χ2v) is 15.0. The topological polar surface area (TPSA) is 112 Å². The van der Waals surface area contributed by atoms with Gasteiger partial charge in [-0.2, -0.15) is 0 Å². The van der Waals surface area contributed by atoms with E-state index in [1.54, 1.807) is 32.0 Å². The molecule has 0 bridgehead atoms. The Kier molecular flexibility index (Phi) is 8.92. The summed E-state index contributed by atoms with van der Waals surface area (Å²) in [6.07, 6.45) is 4.55. The van der Waals surface area contributed by atoms with Crippen molar-refractivity contribution < 1.29 is 13.2 Å². The third-order valence-corrected chi connectivity index (χ3v) is 10.8. The molecule has 5 rings (SSSR count). The van der Waals surface area contributed by atoms with Crippen LogP contribution in [0.4, 0.5) is 11.4 Å². The normalized spacial score (nSPS) is 20.0. The first-order valence-corrected chi connectivity index (χ1v) is 16.8. The molecule has 0 spiro atoms. The highest BCUT2D eigenvalue weighted by Gasteiger charge is 2.32. The molecule has 2 aromatic carbocycles. The molecule has 1 fully saturated rings. The molecule has 0 amide bonds. The molecular weight excluding hydrogens is 560 g/mol. The Morgan fingerprint density at radius 1 is 1.02 bits per heavy atom. The number of rotatable bonds is 9.